The fourth-order valence-corrected chi connectivity index (χ4v) is 2.20. The number of aryl methyl sites for hydroxylation is 1. The van der Waals surface area contributed by atoms with Crippen molar-refractivity contribution in [2.75, 3.05) is 0 Å². The molecule has 1 atom stereocenters. The number of rotatable bonds is 6. The third-order valence-electron chi connectivity index (χ3n) is 3.15. The van der Waals surface area contributed by atoms with Gasteiger partial charge in [-0.25, -0.2) is 9.37 Å². The molecule has 1 aromatic carbocycles. The molecule has 0 unspecified atom stereocenters. The number of nitrogens with zero attached hydrogens (tertiary/aromatic N) is 3. The predicted molar refractivity (Wildman–Crippen MR) is 68.7 cm³/mol. The maximum atomic E-state index is 12.9. The molecule has 3 nitrogen and oxygen atoms in total. The Bertz CT molecular complexity index is 450. The van der Waals surface area contributed by atoms with E-state index in [1.165, 1.54) is 17.7 Å². The van der Waals surface area contributed by atoms with Crippen molar-refractivity contribution in [2.24, 2.45) is 0 Å². The molecule has 0 bridgehead atoms. The maximum Gasteiger partial charge on any atom is 0.137 e. The van der Waals surface area contributed by atoms with Gasteiger partial charge >= 0.3 is 0 Å². The van der Waals surface area contributed by atoms with Gasteiger partial charge in [0.2, 0.25) is 0 Å². The SMILES string of the molecule is CCC[C@@H](CCn1cncn1)c1ccc(F)cc1. The van der Waals surface area contributed by atoms with Crippen LogP contribution in [0.5, 0.6) is 0 Å². The van der Waals surface area contributed by atoms with Gasteiger partial charge in [0, 0.05) is 6.54 Å². The second-order valence-electron chi connectivity index (χ2n) is 4.48. The lowest BCUT2D eigenvalue weighted by Gasteiger charge is -2.16. The summed E-state index contributed by atoms with van der Waals surface area (Å²) >= 11 is 0. The lowest BCUT2D eigenvalue weighted by Crippen LogP contribution is -2.06. The molecule has 2 rings (SSSR count). The number of halogens is 1. The van der Waals surface area contributed by atoms with Crippen LogP contribution in [0.15, 0.2) is 36.9 Å². The molecule has 1 aromatic heterocycles. The van der Waals surface area contributed by atoms with E-state index in [1.807, 2.05) is 16.8 Å². The molecule has 0 saturated carbocycles. The number of hydrogen-bond donors (Lipinski definition) is 0. The number of benzene rings is 1. The Morgan fingerprint density at radius 2 is 2.00 bits per heavy atom. The zero-order valence-electron chi connectivity index (χ0n) is 10.6. The van der Waals surface area contributed by atoms with Crippen LogP contribution in [0.25, 0.3) is 0 Å². The highest BCUT2D eigenvalue weighted by Crippen LogP contribution is 2.25. The van der Waals surface area contributed by atoms with Gasteiger partial charge in [-0.2, -0.15) is 5.10 Å². The van der Waals surface area contributed by atoms with Crippen molar-refractivity contribution >= 4 is 0 Å². The lowest BCUT2D eigenvalue weighted by atomic mass is 9.91. The number of aromatic nitrogens is 3. The summed E-state index contributed by atoms with van der Waals surface area (Å²) in [6.45, 7) is 3.02. The molecule has 0 amide bonds. The van der Waals surface area contributed by atoms with E-state index in [4.69, 9.17) is 0 Å². The van der Waals surface area contributed by atoms with Crippen molar-refractivity contribution in [1.82, 2.24) is 14.8 Å². The maximum absolute atomic E-state index is 12.9. The van der Waals surface area contributed by atoms with Crippen LogP contribution in [-0.2, 0) is 6.54 Å². The summed E-state index contributed by atoms with van der Waals surface area (Å²) in [6.07, 6.45) is 6.52. The van der Waals surface area contributed by atoms with Crippen LogP contribution in [0.4, 0.5) is 4.39 Å². The zero-order chi connectivity index (χ0) is 12.8. The Kier molecular flexibility index (Phi) is 4.45. The molecule has 2 aromatic rings. The number of hydrogen-bond acceptors (Lipinski definition) is 2. The van der Waals surface area contributed by atoms with Crippen molar-refractivity contribution in [2.45, 2.75) is 38.6 Å². The van der Waals surface area contributed by atoms with E-state index in [1.54, 1.807) is 12.7 Å². The van der Waals surface area contributed by atoms with Crippen LogP contribution >= 0.6 is 0 Å². The zero-order valence-corrected chi connectivity index (χ0v) is 10.6. The van der Waals surface area contributed by atoms with Crippen LogP contribution in [-0.4, -0.2) is 14.8 Å². The fourth-order valence-electron chi connectivity index (χ4n) is 2.20. The second kappa shape index (κ2) is 6.28. The quantitative estimate of drug-likeness (QED) is 0.783. The molecule has 0 saturated heterocycles. The normalized spacial score (nSPS) is 12.6. The van der Waals surface area contributed by atoms with Crippen molar-refractivity contribution in [1.29, 1.82) is 0 Å². The van der Waals surface area contributed by atoms with Crippen molar-refractivity contribution < 1.29 is 4.39 Å². The Labute approximate surface area is 107 Å². The van der Waals surface area contributed by atoms with Gasteiger partial charge in [-0.1, -0.05) is 25.5 Å². The van der Waals surface area contributed by atoms with Crippen LogP contribution in [0.3, 0.4) is 0 Å². The van der Waals surface area contributed by atoms with Crippen molar-refractivity contribution in [3.63, 3.8) is 0 Å². The second-order valence-corrected chi connectivity index (χ2v) is 4.48. The van der Waals surface area contributed by atoms with Gasteiger partial charge in [0.15, 0.2) is 0 Å². The molecular formula is C14H18FN3. The van der Waals surface area contributed by atoms with Gasteiger partial charge in [-0.15, -0.1) is 0 Å². The summed E-state index contributed by atoms with van der Waals surface area (Å²) in [5.41, 5.74) is 1.21. The Morgan fingerprint density at radius 3 is 2.61 bits per heavy atom. The lowest BCUT2D eigenvalue weighted by molar-refractivity contribution is 0.487. The smallest absolute Gasteiger partial charge is 0.137 e. The molecule has 0 spiro atoms. The van der Waals surface area contributed by atoms with E-state index in [-0.39, 0.29) is 5.82 Å². The summed E-state index contributed by atoms with van der Waals surface area (Å²) in [5.74, 6) is 0.282. The third kappa shape index (κ3) is 3.39. The highest BCUT2D eigenvalue weighted by Gasteiger charge is 2.11. The predicted octanol–water partition coefficient (Wildman–Crippen LogP) is 3.39. The highest BCUT2D eigenvalue weighted by molar-refractivity contribution is 5.20. The Morgan fingerprint density at radius 1 is 1.22 bits per heavy atom. The molecule has 4 heteroatoms. The van der Waals surface area contributed by atoms with Crippen LogP contribution in [0, 0.1) is 5.82 Å². The van der Waals surface area contributed by atoms with Gasteiger partial charge in [-0.05, 0) is 36.5 Å². The molecule has 1 heterocycles. The third-order valence-corrected chi connectivity index (χ3v) is 3.15. The average molecular weight is 247 g/mol. The van der Waals surface area contributed by atoms with E-state index in [9.17, 15) is 4.39 Å². The molecule has 0 N–H and O–H groups in total. The van der Waals surface area contributed by atoms with Crippen molar-refractivity contribution in [3.8, 4) is 0 Å². The standard InChI is InChI=1S/C14H18FN3/c1-2-3-12(8-9-18-11-16-10-17-18)13-4-6-14(15)7-5-13/h4-7,10-12H,2-3,8-9H2,1H3/t12-/m0/s1. The molecule has 0 fully saturated rings. The molecule has 18 heavy (non-hydrogen) atoms. The van der Waals surface area contributed by atoms with E-state index >= 15 is 0 Å². The molecule has 0 aliphatic heterocycles. The van der Waals surface area contributed by atoms with E-state index in [0.717, 1.165) is 25.8 Å². The first-order valence-corrected chi connectivity index (χ1v) is 6.37. The summed E-state index contributed by atoms with van der Waals surface area (Å²) in [4.78, 5) is 3.93. The van der Waals surface area contributed by atoms with Crippen LogP contribution < -0.4 is 0 Å². The van der Waals surface area contributed by atoms with Crippen LogP contribution in [0.2, 0.25) is 0 Å². The molecule has 0 aliphatic rings. The summed E-state index contributed by atoms with van der Waals surface area (Å²) in [6, 6.07) is 6.84. The first-order chi connectivity index (χ1) is 8.79. The highest BCUT2D eigenvalue weighted by atomic mass is 19.1. The average Bonchev–Trinajstić information content (AvgIpc) is 2.89. The van der Waals surface area contributed by atoms with Gasteiger partial charge in [0.05, 0.1) is 0 Å². The first-order valence-electron chi connectivity index (χ1n) is 6.37. The van der Waals surface area contributed by atoms with E-state index in [0.29, 0.717) is 5.92 Å². The summed E-state index contributed by atoms with van der Waals surface area (Å²) in [7, 11) is 0. The Hall–Kier alpha value is -1.71. The summed E-state index contributed by atoms with van der Waals surface area (Å²) in [5, 5.41) is 4.10. The minimum absolute atomic E-state index is 0.176. The van der Waals surface area contributed by atoms with Crippen molar-refractivity contribution in [3.05, 3.63) is 48.3 Å². The minimum atomic E-state index is -0.176. The monoisotopic (exact) mass is 247 g/mol. The largest absolute Gasteiger partial charge is 0.253 e. The van der Waals surface area contributed by atoms with Crippen LogP contribution in [0.1, 0.15) is 37.7 Å². The first kappa shape index (κ1) is 12.7. The van der Waals surface area contributed by atoms with E-state index < -0.39 is 0 Å². The Balaban J connectivity index is 2.01. The van der Waals surface area contributed by atoms with Gasteiger partial charge < -0.3 is 0 Å². The minimum Gasteiger partial charge on any atom is -0.253 e. The topological polar surface area (TPSA) is 30.7 Å². The van der Waals surface area contributed by atoms with Gasteiger partial charge in [0.25, 0.3) is 0 Å². The molecular weight excluding hydrogens is 229 g/mol. The fraction of sp³-hybridized carbons (Fsp3) is 0.429. The molecule has 0 aliphatic carbocycles. The van der Waals surface area contributed by atoms with Gasteiger partial charge in [0.1, 0.15) is 18.5 Å². The molecule has 0 radical (unpaired) electrons. The van der Waals surface area contributed by atoms with E-state index in [2.05, 4.69) is 17.0 Å². The molecule has 96 valence electrons. The van der Waals surface area contributed by atoms with Gasteiger partial charge in [-0.3, -0.25) is 4.68 Å². The summed E-state index contributed by atoms with van der Waals surface area (Å²) < 4.78 is 14.8.